The number of nitrogens with zero attached hydrogens (tertiary/aromatic N) is 1. The topological polar surface area (TPSA) is 3.24 Å². The Morgan fingerprint density at radius 1 is 0.404 bits per heavy atom. The molecule has 0 heterocycles. The minimum Gasteiger partial charge on any atom is -0.310 e. The molecule has 232 valence electrons. The van der Waals surface area contributed by atoms with Gasteiger partial charge in [0.15, 0.2) is 0 Å². The van der Waals surface area contributed by atoms with Crippen LogP contribution >= 0.6 is 15.9 Å². The molecule has 0 saturated heterocycles. The third-order valence-corrected chi connectivity index (χ3v) is 9.30. The lowest BCUT2D eigenvalue weighted by molar-refractivity contribution is 0.768. The summed E-state index contributed by atoms with van der Waals surface area (Å²) in [7, 11) is 0. The second-order valence-corrected chi connectivity index (χ2v) is 12.0. The van der Waals surface area contributed by atoms with Gasteiger partial charge in [-0.05, 0) is 92.7 Å². The molecular formula is C45H40BrN. The minimum absolute atomic E-state index is 0.445. The smallest absolute Gasteiger partial charge is 0.0714 e. The van der Waals surface area contributed by atoms with Crippen LogP contribution in [0.1, 0.15) is 49.9 Å². The van der Waals surface area contributed by atoms with Gasteiger partial charge in [-0.25, -0.2) is 0 Å². The number of fused-ring (bicyclic) bond motifs is 4. The van der Waals surface area contributed by atoms with Crippen LogP contribution in [0.15, 0.2) is 174 Å². The largest absolute Gasteiger partial charge is 0.310 e. The monoisotopic (exact) mass is 673 g/mol. The van der Waals surface area contributed by atoms with Crippen molar-refractivity contribution in [1.29, 1.82) is 0 Å². The number of anilines is 3. The van der Waals surface area contributed by atoms with E-state index in [9.17, 15) is 0 Å². The van der Waals surface area contributed by atoms with Crippen LogP contribution in [-0.2, 0) is 5.41 Å². The SMILES string of the molecule is Brc1ccc(N(c2ccc3c(c2)C(c2ccccc2)(c2ccccc2)c2ccccc2-3)c2ccc3ccccc3c2)cc1.CC.CC. The lowest BCUT2D eigenvalue weighted by Crippen LogP contribution is -2.28. The molecule has 7 aromatic rings. The molecule has 0 unspecified atom stereocenters. The van der Waals surface area contributed by atoms with Gasteiger partial charge in [0.1, 0.15) is 0 Å². The van der Waals surface area contributed by atoms with Gasteiger partial charge in [-0.2, -0.15) is 0 Å². The summed E-state index contributed by atoms with van der Waals surface area (Å²) in [6, 6.07) is 61.8. The fraction of sp³-hybridized carbons (Fsp3) is 0.111. The Labute approximate surface area is 288 Å². The summed E-state index contributed by atoms with van der Waals surface area (Å²) in [5.74, 6) is 0. The zero-order chi connectivity index (χ0) is 32.8. The number of halogens is 1. The van der Waals surface area contributed by atoms with Crippen molar-refractivity contribution in [1.82, 2.24) is 0 Å². The first-order chi connectivity index (χ1) is 23.2. The molecule has 0 spiro atoms. The summed E-state index contributed by atoms with van der Waals surface area (Å²) in [4.78, 5) is 2.38. The van der Waals surface area contributed by atoms with Crippen LogP contribution in [0.25, 0.3) is 21.9 Å². The molecule has 0 saturated carbocycles. The summed E-state index contributed by atoms with van der Waals surface area (Å²) in [6.45, 7) is 8.00. The predicted octanol–water partition coefficient (Wildman–Crippen LogP) is 13.5. The summed E-state index contributed by atoms with van der Waals surface area (Å²) in [6.07, 6.45) is 0. The molecule has 1 aliphatic rings. The van der Waals surface area contributed by atoms with E-state index in [0.717, 1.165) is 21.5 Å². The van der Waals surface area contributed by atoms with Gasteiger partial charge in [0, 0.05) is 21.5 Å². The Morgan fingerprint density at radius 3 is 1.55 bits per heavy atom. The van der Waals surface area contributed by atoms with Gasteiger partial charge in [-0.3, -0.25) is 0 Å². The summed E-state index contributed by atoms with van der Waals surface area (Å²) in [5.41, 5.74) is 10.6. The lowest BCUT2D eigenvalue weighted by atomic mass is 9.67. The molecule has 1 aliphatic carbocycles. The van der Waals surface area contributed by atoms with Gasteiger partial charge >= 0.3 is 0 Å². The molecule has 0 aromatic heterocycles. The zero-order valence-corrected chi connectivity index (χ0v) is 29.1. The highest BCUT2D eigenvalue weighted by Gasteiger charge is 2.46. The Bertz CT molecular complexity index is 2040. The van der Waals surface area contributed by atoms with Gasteiger partial charge in [0.05, 0.1) is 5.41 Å². The van der Waals surface area contributed by atoms with Crippen LogP contribution in [0.2, 0.25) is 0 Å². The van der Waals surface area contributed by atoms with Gasteiger partial charge in [-0.1, -0.05) is 165 Å². The van der Waals surface area contributed by atoms with Crippen LogP contribution < -0.4 is 4.90 Å². The molecule has 0 amide bonds. The van der Waals surface area contributed by atoms with Crippen molar-refractivity contribution in [2.75, 3.05) is 4.90 Å². The Morgan fingerprint density at radius 2 is 0.894 bits per heavy atom. The average molecular weight is 675 g/mol. The molecule has 1 nitrogen and oxygen atoms in total. The third-order valence-electron chi connectivity index (χ3n) is 8.78. The fourth-order valence-electron chi connectivity index (χ4n) is 6.92. The van der Waals surface area contributed by atoms with Gasteiger partial charge in [0.25, 0.3) is 0 Å². The first-order valence-electron chi connectivity index (χ1n) is 16.6. The Hall–Kier alpha value is -4.92. The highest BCUT2D eigenvalue weighted by atomic mass is 79.9. The van der Waals surface area contributed by atoms with Crippen molar-refractivity contribution in [3.8, 4) is 11.1 Å². The molecule has 0 aliphatic heterocycles. The van der Waals surface area contributed by atoms with Crippen molar-refractivity contribution in [3.63, 3.8) is 0 Å². The quantitative estimate of drug-likeness (QED) is 0.176. The predicted molar refractivity (Wildman–Crippen MR) is 206 cm³/mol. The molecule has 8 rings (SSSR count). The summed E-state index contributed by atoms with van der Waals surface area (Å²) in [5, 5.41) is 2.46. The molecule has 0 fully saturated rings. The van der Waals surface area contributed by atoms with Crippen LogP contribution in [0.3, 0.4) is 0 Å². The summed E-state index contributed by atoms with van der Waals surface area (Å²) < 4.78 is 1.06. The van der Waals surface area contributed by atoms with Gasteiger partial charge in [0.2, 0.25) is 0 Å². The van der Waals surface area contributed by atoms with E-state index in [2.05, 4.69) is 191 Å². The van der Waals surface area contributed by atoms with E-state index in [4.69, 9.17) is 0 Å². The highest BCUT2D eigenvalue weighted by Crippen LogP contribution is 2.57. The Kier molecular flexibility index (Phi) is 9.71. The third kappa shape index (κ3) is 5.68. The number of hydrogen-bond acceptors (Lipinski definition) is 1. The first kappa shape index (κ1) is 32.0. The van der Waals surface area contributed by atoms with Crippen LogP contribution in [0.4, 0.5) is 17.1 Å². The van der Waals surface area contributed by atoms with Crippen LogP contribution in [-0.4, -0.2) is 0 Å². The molecular weight excluding hydrogens is 634 g/mol. The molecule has 7 aromatic carbocycles. The van der Waals surface area contributed by atoms with E-state index in [0.29, 0.717) is 0 Å². The number of hydrogen-bond donors (Lipinski definition) is 0. The van der Waals surface area contributed by atoms with Crippen molar-refractivity contribution in [2.24, 2.45) is 0 Å². The van der Waals surface area contributed by atoms with E-state index in [-0.39, 0.29) is 0 Å². The van der Waals surface area contributed by atoms with Gasteiger partial charge in [-0.15, -0.1) is 0 Å². The summed E-state index contributed by atoms with van der Waals surface area (Å²) >= 11 is 3.64. The van der Waals surface area contributed by atoms with E-state index in [1.165, 1.54) is 44.2 Å². The second kappa shape index (κ2) is 14.2. The van der Waals surface area contributed by atoms with Crippen molar-refractivity contribution >= 4 is 43.8 Å². The first-order valence-corrected chi connectivity index (χ1v) is 17.4. The maximum absolute atomic E-state index is 3.64. The van der Waals surface area contributed by atoms with Crippen LogP contribution in [0.5, 0.6) is 0 Å². The average Bonchev–Trinajstić information content (AvgIpc) is 3.45. The standard InChI is InChI=1S/C41H28BrN.2C2H6/c42-33-20-23-34(24-21-33)43(35-22-19-29-11-7-8-12-30(29)27-35)36-25-26-38-37-17-9-10-18-39(37)41(40(38)28-36,31-13-3-1-4-14-31)32-15-5-2-6-16-32;2*1-2/h1-28H;2*1-2H3. The molecule has 0 radical (unpaired) electrons. The van der Waals surface area contributed by atoms with Crippen molar-refractivity contribution in [2.45, 2.75) is 33.1 Å². The molecule has 0 atom stereocenters. The van der Waals surface area contributed by atoms with E-state index in [1.54, 1.807) is 0 Å². The minimum atomic E-state index is -0.445. The highest BCUT2D eigenvalue weighted by molar-refractivity contribution is 9.10. The van der Waals surface area contributed by atoms with E-state index < -0.39 is 5.41 Å². The number of benzene rings is 7. The van der Waals surface area contributed by atoms with E-state index in [1.807, 2.05) is 27.7 Å². The fourth-order valence-corrected chi connectivity index (χ4v) is 7.19. The molecule has 2 heteroatoms. The van der Waals surface area contributed by atoms with Crippen molar-refractivity contribution < 1.29 is 0 Å². The van der Waals surface area contributed by atoms with Crippen LogP contribution in [0, 0.1) is 0 Å². The maximum atomic E-state index is 3.64. The van der Waals surface area contributed by atoms with E-state index >= 15 is 0 Å². The zero-order valence-electron chi connectivity index (χ0n) is 27.5. The second-order valence-electron chi connectivity index (χ2n) is 11.1. The van der Waals surface area contributed by atoms with Gasteiger partial charge < -0.3 is 4.90 Å². The normalized spacial score (nSPS) is 12.1. The molecule has 0 N–H and O–H groups in total. The van der Waals surface area contributed by atoms with Crippen molar-refractivity contribution in [3.05, 3.63) is 197 Å². The molecule has 47 heavy (non-hydrogen) atoms. The Balaban J connectivity index is 0.000000932. The number of rotatable bonds is 5. The maximum Gasteiger partial charge on any atom is 0.0714 e. The molecule has 0 bridgehead atoms. The lowest BCUT2D eigenvalue weighted by Gasteiger charge is -2.35.